The van der Waals surface area contributed by atoms with Crippen LogP contribution in [0.1, 0.15) is 5.56 Å². The van der Waals surface area contributed by atoms with Gasteiger partial charge in [0.15, 0.2) is 11.6 Å². The van der Waals surface area contributed by atoms with E-state index in [1.54, 1.807) is 24.3 Å². The van der Waals surface area contributed by atoms with Gasteiger partial charge in [0.2, 0.25) is 0 Å². The molecule has 6 heteroatoms. The van der Waals surface area contributed by atoms with E-state index in [4.69, 9.17) is 22.1 Å². The van der Waals surface area contributed by atoms with Gasteiger partial charge in [0.05, 0.1) is 33.6 Å². The molecule has 2 rings (SSSR count). The summed E-state index contributed by atoms with van der Waals surface area (Å²) in [6, 6.07) is 9.40. The van der Waals surface area contributed by atoms with Crippen LogP contribution in [0.5, 0.6) is 5.75 Å². The van der Waals surface area contributed by atoms with Gasteiger partial charge in [-0.05, 0) is 29.8 Å². The molecule has 0 amide bonds. The average molecular weight is 314 g/mol. The predicted molar refractivity (Wildman–Crippen MR) is 78.9 cm³/mol. The van der Waals surface area contributed by atoms with Gasteiger partial charge >= 0.3 is 0 Å². The maximum Gasteiger partial charge on any atom is 0.165 e. The standard InChI is InChI=1S/C14H13ClFNO2S/c1-19-13-6-5-9(7-11(13)16)8-20(18)14-10(15)3-2-4-12(14)17/h2-7H,8,17H2,1H3. The van der Waals surface area contributed by atoms with E-state index >= 15 is 0 Å². The summed E-state index contributed by atoms with van der Waals surface area (Å²) in [7, 11) is -0.0492. The zero-order chi connectivity index (χ0) is 14.7. The Morgan fingerprint density at radius 2 is 2.10 bits per heavy atom. The highest BCUT2D eigenvalue weighted by atomic mass is 35.5. The van der Waals surface area contributed by atoms with Crippen LogP contribution in [-0.4, -0.2) is 11.3 Å². The molecule has 0 saturated carbocycles. The Balaban J connectivity index is 2.26. The minimum atomic E-state index is -1.44. The monoisotopic (exact) mass is 313 g/mol. The van der Waals surface area contributed by atoms with Crippen LogP contribution in [0.25, 0.3) is 0 Å². The summed E-state index contributed by atoms with van der Waals surface area (Å²) < 4.78 is 30.7. The van der Waals surface area contributed by atoms with Crippen LogP contribution in [0, 0.1) is 5.82 Å². The summed E-state index contributed by atoms with van der Waals surface area (Å²) in [5.74, 6) is -0.208. The third-order valence-corrected chi connectivity index (χ3v) is 4.67. The first-order valence-corrected chi connectivity index (χ1v) is 7.47. The van der Waals surface area contributed by atoms with Gasteiger partial charge in [-0.3, -0.25) is 4.21 Å². The average Bonchev–Trinajstić information content (AvgIpc) is 2.38. The second kappa shape index (κ2) is 6.24. The molecule has 2 aromatic carbocycles. The van der Waals surface area contributed by atoms with E-state index in [1.807, 2.05) is 0 Å². The van der Waals surface area contributed by atoms with Crippen molar-refractivity contribution in [2.24, 2.45) is 0 Å². The lowest BCUT2D eigenvalue weighted by Gasteiger charge is -2.09. The topological polar surface area (TPSA) is 52.3 Å². The molecule has 106 valence electrons. The molecule has 20 heavy (non-hydrogen) atoms. The molecular formula is C14H13ClFNO2S. The maximum atomic E-state index is 13.6. The first-order valence-electron chi connectivity index (χ1n) is 5.77. The van der Waals surface area contributed by atoms with Crippen molar-refractivity contribution in [1.82, 2.24) is 0 Å². The van der Waals surface area contributed by atoms with Crippen LogP contribution in [0.4, 0.5) is 10.1 Å². The number of halogens is 2. The van der Waals surface area contributed by atoms with Crippen LogP contribution in [0.3, 0.4) is 0 Å². The number of nitrogens with two attached hydrogens (primary N) is 1. The van der Waals surface area contributed by atoms with E-state index in [0.717, 1.165) is 0 Å². The van der Waals surface area contributed by atoms with Gasteiger partial charge in [-0.25, -0.2) is 4.39 Å². The number of methoxy groups -OCH3 is 1. The molecule has 0 fully saturated rings. The lowest BCUT2D eigenvalue weighted by Crippen LogP contribution is -2.02. The van der Waals surface area contributed by atoms with Crippen LogP contribution in [-0.2, 0) is 16.6 Å². The Morgan fingerprint density at radius 1 is 1.35 bits per heavy atom. The van der Waals surface area contributed by atoms with Gasteiger partial charge in [-0.1, -0.05) is 23.7 Å². The van der Waals surface area contributed by atoms with E-state index in [9.17, 15) is 8.60 Å². The van der Waals surface area contributed by atoms with Crippen LogP contribution >= 0.6 is 11.6 Å². The van der Waals surface area contributed by atoms with Gasteiger partial charge < -0.3 is 10.5 Å². The highest BCUT2D eigenvalue weighted by molar-refractivity contribution is 7.84. The highest BCUT2D eigenvalue weighted by Crippen LogP contribution is 2.28. The molecule has 2 aromatic rings. The third kappa shape index (κ3) is 3.11. The Kier molecular flexibility index (Phi) is 4.62. The summed E-state index contributed by atoms with van der Waals surface area (Å²) in [6.07, 6.45) is 0. The zero-order valence-electron chi connectivity index (χ0n) is 10.7. The predicted octanol–water partition coefficient (Wildman–Crippen LogP) is 3.38. The van der Waals surface area contributed by atoms with Crippen molar-refractivity contribution in [3.8, 4) is 5.75 Å². The molecular weight excluding hydrogens is 301 g/mol. The highest BCUT2D eigenvalue weighted by Gasteiger charge is 2.14. The molecule has 0 spiro atoms. The molecule has 0 aromatic heterocycles. The van der Waals surface area contributed by atoms with Crippen molar-refractivity contribution in [2.75, 3.05) is 12.8 Å². The number of rotatable bonds is 4. The van der Waals surface area contributed by atoms with Gasteiger partial charge in [0, 0.05) is 5.69 Å². The Labute approximate surface area is 124 Å². The molecule has 2 N–H and O–H groups in total. The Morgan fingerprint density at radius 3 is 2.70 bits per heavy atom. The minimum absolute atomic E-state index is 0.134. The van der Waals surface area contributed by atoms with Crippen molar-refractivity contribution in [3.05, 3.63) is 52.8 Å². The minimum Gasteiger partial charge on any atom is -0.494 e. The first-order chi connectivity index (χ1) is 9.52. The fourth-order valence-corrected chi connectivity index (χ4v) is 3.47. The number of nitrogen functional groups attached to an aromatic ring is 1. The smallest absolute Gasteiger partial charge is 0.165 e. The van der Waals surface area contributed by atoms with E-state index in [-0.39, 0.29) is 11.5 Å². The normalized spacial score (nSPS) is 12.2. The molecule has 0 radical (unpaired) electrons. The second-order valence-electron chi connectivity index (χ2n) is 4.12. The molecule has 1 unspecified atom stereocenters. The molecule has 3 nitrogen and oxygen atoms in total. The van der Waals surface area contributed by atoms with Gasteiger partial charge in [-0.2, -0.15) is 0 Å². The lowest BCUT2D eigenvalue weighted by molar-refractivity contribution is 0.386. The number of benzene rings is 2. The Hall–Kier alpha value is -1.59. The van der Waals surface area contributed by atoms with Gasteiger partial charge in [0.1, 0.15) is 0 Å². The number of anilines is 1. The van der Waals surface area contributed by atoms with Crippen molar-refractivity contribution >= 4 is 28.1 Å². The molecule has 0 heterocycles. The van der Waals surface area contributed by atoms with Gasteiger partial charge in [0.25, 0.3) is 0 Å². The number of hydrogen-bond acceptors (Lipinski definition) is 3. The number of hydrogen-bond donors (Lipinski definition) is 1. The largest absolute Gasteiger partial charge is 0.494 e. The van der Waals surface area contributed by atoms with Crippen LogP contribution in [0.2, 0.25) is 5.02 Å². The SMILES string of the molecule is COc1ccc(CS(=O)c2c(N)cccc2Cl)cc1F. The van der Waals surface area contributed by atoms with E-state index in [1.165, 1.54) is 19.2 Å². The zero-order valence-corrected chi connectivity index (χ0v) is 12.3. The quantitative estimate of drug-likeness (QED) is 0.880. The summed E-state index contributed by atoms with van der Waals surface area (Å²) in [6.45, 7) is 0. The molecule has 0 saturated heterocycles. The van der Waals surface area contributed by atoms with Crippen LogP contribution in [0.15, 0.2) is 41.3 Å². The van der Waals surface area contributed by atoms with Gasteiger partial charge in [-0.15, -0.1) is 0 Å². The second-order valence-corrected chi connectivity index (χ2v) is 5.91. The molecule has 0 bridgehead atoms. The molecule has 0 aliphatic carbocycles. The van der Waals surface area contributed by atoms with E-state index in [0.29, 0.717) is 21.2 Å². The third-order valence-electron chi connectivity index (χ3n) is 2.74. The molecule has 0 aliphatic rings. The van der Waals surface area contributed by atoms with Crippen molar-refractivity contribution in [2.45, 2.75) is 10.6 Å². The lowest BCUT2D eigenvalue weighted by atomic mass is 10.2. The fraction of sp³-hybridized carbons (Fsp3) is 0.143. The van der Waals surface area contributed by atoms with Crippen molar-refractivity contribution in [3.63, 3.8) is 0 Å². The first kappa shape index (κ1) is 14.8. The Bertz CT molecular complexity index is 643. The summed E-state index contributed by atoms with van der Waals surface area (Å²) in [5.41, 5.74) is 6.73. The summed E-state index contributed by atoms with van der Waals surface area (Å²) in [4.78, 5) is 0.380. The molecule has 1 atom stereocenters. The number of ether oxygens (including phenoxy) is 1. The molecule has 0 aliphatic heterocycles. The summed E-state index contributed by atoms with van der Waals surface area (Å²) >= 11 is 6.00. The van der Waals surface area contributed by atoms with Crippen molar-refractivity contribution < 1.29 is 13.3 Å². The summed E-state index contributed by atoms with van der Waals surface area (Å²) in [5, 5.41) is 0.345. The van der Waals surface area contributed by atoms with E-state index in [2.05, 4.69) is 0 Å². The van der Waals surface area contributed by atoms with E-state index < -0.39 is 16.6 Å². The van der Waals surface area contributed by atoms with Crippen LogP contribution < -0.4 is 10.5 Å². The van der Waals surface area contributed by atoms with Crippen molar-refractivity contribution in [1.29, 1.82) is 0 Å². The fourth-order valence-electron chi connectivity index (χ4n) is 1.79. The maximum absolute atomic E-state index is 13.6.